The van der Waals surface area contributed by atoms with Crippen molar-refractivity contribution in [3.8, 4) is 5.75 Å². The molecule has 6 nitrogen and oxygen atoms in total. The summed E-state index contributed by atoms with van der Waals surface area (Å²) in [5.41, 5.74) is 2.99. The van der Waals surface area contributed by atoms with Crippen molar-refractivity contribution in [1.82, 2.24) is 9.62 Å². The lowest BCUT2D eigenvalue weighted by atomic mass is 9.97. The molecular formula is C25H34N2O4S. The van der Waals surface area contributed by atoms with Crippen LogP contribution in [0.5, 0.6) is 5.75 Å². The zero-order valence-corrected chi connectivity index (χ0v) is 20.0. The molecule has 1 amide bonds. The molecule has 1 N–H and O–H groups in total. The van der Waals surface area contributed by atoms with Gasteiger partial charge in [0.1, 0.15) is 12.4 Å². The Morgan fingerprint density at radius 2 is 1.84 bits per heavy atom. The first-order chi connectivity index (χ1) is 15.3. The maximum atomic E-state index is 12.8. The molecular weight excluding hydrogens is 424 g/mol. The molecule has 0 aliphatic carbocycles. The lowest BCUT2D eigenvalue weighted by Gasteiger charge is -2.30. The number of hydrogen-bond acceptors (Lipinski definition) is 4. The number of hydrogen-bond donors (Lipinski definition) is 1. The minimum atomic E-state index is -3.38. The number of amides is 1. The third kappa shape index (κ3) is 6.56. The van der Waals surface area contributed by atoms with E-state index in [1.54, 1.807) is 0 Å². The summed E-state index contributed by atoms with van der Waals surface area (Å²) in [5.74, 6) is 1.03. The smallest absolute Gasteiger partial charge is 0.223 e. The Labute approximate surface area is 192 Å². The van der Waals surface area contributed by atoms with E-state index < -0.39 is 10.0 Å². The molecule has 2 aromatic rings. The van der Waals surface area contributed by atoms with Crippen LogP contribution in [0.25, 0.3) is 0 Å². The average Bonchev–Trinajstić information content (AvgIpc) is 2.76. The maximum absolute atomic E-state index is 12.8. The number of sulfonamides is 1. The molecule has 1 aliphatic heterocycles. The molecule has 7 heteroatoms. The summed E-state index contributed by atoms with van der Waals surface area (Å²) in [6, 6.07) is 15.5. The molecule has 32 heavy (non-hydrogen) atoms. The summed E-state index contributed by atoms with van der Waals surface area (Å²) < 4.78 is 32.9. The number of ether oxygens (including phenoxy) is 1. The van der Waals surface area contributed by atoms with Crippen molar-refractivity contribution < 1.29 is 17.9 Å². The quantitative estimate of drug-likeness (QED) is 0.579. The zero-order chi connectivity index (χ0) is 23.1. The van der Waals surface area contributed by atoms with E-state index >= 15 is 0 Å². The first kappa shape index (κ1) is 24.3. The minimum absolute atomic E-state index is 0.000727. The number of piperidine rings is 1. The lowest BCUT2D eigenvalue weighted by molar-refractivity contribution is -0.126. The monoisotopic (exact) mass is 458 g/mol. The van der Waals surface area contributed by atoms with Gasteiger partial charge in [-0.15, -0.1) is 0 Å². The van der Waals surface area contributed by atoms with Gasteiger partial charge in [-0.3, -0.25) is 4.79 Å². The predicted octanol–water partition coefficient (Wildman–Crippen LogP) is 3.86. The van der Waals surface area contributed by atoms with Crippen molar-refractivity contribution in [1.29, 1.82) is 0 Å². The second-order valence-corrected chi connectivity index (χ2v) is 10.7. The Morgan fingerprint density at radius 3 is 2.53 bits per heavy atom. The van der Waals surface area contributed by atoms with Crippen LogP contribution < -0.4 is 10.1 Å². The highest BCUT2D eigenvalue weighted by atomic mass is 32.2. The summed E-state index contributed by atoms with van der Waals surface area (Å²) >= 11 is 0. The van der Waals surface area contributed by atoms with Gasteiger partial charge in [0.15, 0.2) is 0 Å². The molecule has 1 saturated heterocycles. The van der Waals surface area contributed by atoms with Crippen molar-refractivity contribution in [3.63, 3.8) is 0 Å². The van der Waals surface area contributed by atoms with Gasteiger partial charge in [0.05, 0.1) is 12.3 Å². The summed E-state index contributed by atoms with van der Waals surface area (Å²) in [6.07, 6.45) is 1.08. The first-order valence-corrected chi connectivity index (χ1v) is 12.9. The number of carbonyl (C=O) groups excluding carboxylic acids is 1. The van der Waals surface area contributed by atoms with E-state index in [-0.39, 0.29) is 17.6 Å². The molecule has 1 aliphatic rings. The summed E-state index contributed by atoms with van der Waals surface area (Å²) in [5, 5.41) is 2.94. The maximum Gasteiger partial charge on any atom is 0.223 e. The standard InChI is InChI=1S/C25H34N2O4S/c1-19(2)23-9-4-5-10-24(23)31-16-13-26-25(28)22-11-14-27(15-12-22)32(29,30)18-21-8-6-7-20(3)17-21/h4-10,17,19,22H,11-16,18H2,1-3H3,(H,26,28). The van der Waals surface area contributed by atoms with Gasteiger partial charge in [0, 0.05) is 19.0 Å². The van der Waals surface area contributed by atoms with Crippen LogP contribution in [0.15, 0.2) is 48.5 Å². The largest absolute Gasteiger partial charge is 0.491 e. The van der Waals surface area contributed by atoms with Gasteiger partial charge in [0.2, 0.25) is 15.9 Å². The van der Waals surface area contributed by atoms with Crippen LogP contribution in [0.4, 0.5) is 0 Å². The van der Waals surface area contributed by atoms with Gasteiger partial charge < -0.3 is 10.1 Å². The van der Waals surface area contributed by atoms with Crippen LogP contribution >= 0.6 is 0 Å². The first-order valence-electron chi connectivity index (χ1n) is 11.3. The van der Waals surface area contributed by atoms with Crippen molar-refractivity contribution in [3.05, 3.63) is 65.2 Å². The minimum Gasteiger partial charge on any atom is -0.491 e. The number of benzene rings is 2. The second-order valence-electron chi connectivity index (χ2n) is 8.75. The Balaban J connectivity index is 1.42. The fourth-order valence-electron chi connectivity index (χ4n) is 4.07. The molecule has 1 fully saturated rings. The van der Waals surface area contributed by atoms with Crippen LogP contribution in [0.3, 0.4) is 0 Å². The van der Waals surface area contributed by atoms with Crippen molar-refractivity contribution in [2.45, 2.75) is 45.3 Å². The zero-order valence-electron chi connectivity index (χ0n) is 19.2. The van der Waals surface area contributed by atoms with Crippen LogP contribution in [0.1, 0.15) is 49.3 Å². The molecule has 0 saturated carbocycles. The third-order valence-corrected chi connectivity index (χ3v) is 7.70. The van der Waals surface area contributed by atoms with E-state index in [0.29, 0.717) is 45.0 Å². The average molecular weight is 459 g/mol. The van der Waals surface area contributed by atoms with E-state index in [9.17, 15) is 13.2 Å². The Kier molecular flexibility index (Phi) is 8.32. The number of rotatable bonds is 9. The highest BCUT2D eigenvalue weighted by molar-refractivity contribution is 7.88. The van der Waals surface area contributed by atoms with Crippen LogP contribution in [0.2, 0.25) is 0 Å². The van der Waals surface area contributed by atoms with Gasteiger partial charge in [-0.2, -0.15) is 0 Å². The van der Waals surface area contributed by atoms with Crippen LogP contribution in [-0.2, 0) is 20.6 Å². The Morgan fingerprint density at radius 1 is 1.12 bits per heavy atom. The van der Waals surface area contributed by atoms with E-state index in [4.69, 9.17) is 4.74 Å². The second kappa shape index (κ2) is 11.0. The van der Waals surface area contributed by atoms with Gasteiger partial charge in [0.25, 0.3) is 0 Å². The number of aryl methyl sites for hydroxylation is 1. The fraction of sp³-hybridized carbons (Fsp3) is 0.480. The topological polar surface area (TPSA) is 75.7 Å². The Bertz CT molecular complexity index is 1010. The highest BCUT2D eigenvalue weighted by Gasteiger charge is 2.31. The van der Waals surface area contributed by atoms with Crippen molar-refractivity contribution >= 4 is 15.9 Å². The SMILES string of the molecule is Cc1cccc(CS(=O)(=O)N2CCC(C(=O)NCCOc3ccccc3C(C)C)CC2)c1. The number of para-hydroxylation sites is 1. The summed E-state index contributed by atoms with van der Waals surface area (Å²) in [6.45, 7) is 7.79. The highest BCUT2D eigenvalue weighted by Crippen LogP contribution is 2.26. The molecule has 2 aromatic carbocycles. The van der Waals surface area contributed by atoms with Gasteiger partial charge in [-0.1, -0.05) is 61.9 Å². The van der Waals surface area contributed by atoms with E-state index in [0.717, 1.165) is 22.4 Å². The number of nitrogens with one attached hydrogen (secondary N) is 1. The lowest BCUT2D eigenvalue weighted by Crippen LogP contribution is -2.43. The molecule has 0 unspecified atom stereocenters. The Hall–Kier alpha value is -2.38. The molecule has 1 heterocycles. The van der Waals surface area contributed by atoms with E-state index in [2.05, 4.69) is 25.2 Å². The third-order valence-electron chi connectivity index (χ3n) is 5.85. The van der Waals surface area contributed by atoms with Crippen LogP contribution in [-0.4, -0.2) is 44.9 Å². The van der Waals surface area contributed by atoms with Gasteiger partial charge in [-0.25, -0.2) is 12.7 Å². The molecule has 0 atom stereocenters. The fourth-order valence-corrected chi connectivity index (χ4v) is 5.62. The molecule has 0 aromatic heterocycles. The molecule has 174 valence electrons. The van der Waals surface area contributed by atoms with Gasteiger partial charge >= 0.3 is 0 Å². The number of nitrogens with zero attached hydrogens (tertiary/aromatic N) is 1. The summed E-state index contributed by atoms with van der Waals surface area (Å²) in [4.78, 5) is 12.5. The van der Waals surface area contributed by atoms with Crippen LogP contribution in [0, 0.1) is 12.8 Å². The molecule has 0 spiro atoms. The van der Waals surface area contributed by atoms with Crippen molar-refractivity contribution in [2.75, 3.05) is 26.2 Å². The van der Waals surface area contributed by atoms with E-state index in [1.807, 2.05) is 49.4 Å². The van der Waals surface area contributed by atoms with E-state index in [1.165, 1.54) is 4.31 Å². The van der Waals surface area contributed by atoms with Crippen molar-refractivity contribution in [2.24, 2.45) is 5.92 Å². The molecule has 0 bridgehead atoms. The van der Waals surface area contributed by atoms with Gasteiger partial charge in [-0.05, 0) is 42.9 Å². The molecule has 0 radical (unpaired) electrons. The number of carbonyl (C=O) groups is 1. The molecule has 3 rings (SSSR count). The normalized spacial score (nSPS) is 15.6. The predicted molar refractivity (Wildman–Crippen MR) is 127 cm³/mol. The summed E-state index contributed by atoms with van der Waals surface area (Å²) in [7, 11) is -3.38.